The third-order valence-electron chi connectivity index (χ3n) is 3.96. The summed E-state index contributed by atoms with van der Waals surface area (Å²) in [6, 6.07) is 19.7. The summed E-state index contributed by atoms with van der Waals surface area (Å²) in [5.41, 5.74) is 2.04. The number of aromatic nitrogens is 1. The van der Waals surface area contributed by atoms with E-state index >= 15 is 0 Å². The molecule has 0 aliphatic rings. The van der Waals surface area contributed by atoms with Crippen molar-refractivity contribution in [2.24, 2.45) is 10.2 Å². The molecule has 0 bridgehead atoms. The van der Waals surface area contributed by atoms with Crippen LogP contribution in [-0.2, 0) is 13.0 Å². The van der Waals surface area contributed by atoms with E-state index in [1.807, 2.05) is 30.6 Å². The molecule has 3 nitrogen and oxygen atoms in total. The highest BCUT2D eigenvalue weighted by Gasteiger charge is 2.01. The molecule has 5 heteroatoms. The topological polar surface area (TPSA) is 29.6 Å². The smallest absolute Gasteiger partial charge is 0.0885 e. The lowest BCUT2D eigenvalue weighted by Gasteiger charge is -2.05. The summed E-state index contributed by atoms with van der Waals surface area (Å²) >= 11 is 12.2. The minimum atomic E-state index is 0.556. The maximum absolute atomic E-state index is 6.10. The zero-order valence-corrected chi connectivity index (χ0v) is 15.7. The second-order valence-electron chi connectivity index (χ2n) is 5.86. The first kappa shape index (κ1) is 18.4. The van der Waals surface area contributed by atoms with Crippen molar-refractivity contribution in [2.75, 3.05) is 0 Å². The van der Waals surface area contributed by atoms with Crippen molar-refractivity contribution in [2.45, 2.75) is 19.4 Å². The van der Waals surface area contributed by atoms with Crippen LogP contribution in [0, 0.1) is 0 Å². The van der Waals surface area contributed by atoms with Crippen LogP contribution in [0.5, 0.6) is 0 Å². The molecule has 0 saturated heterocycles. The first-order valence-electron chi connectivity index (χ1n) is 8.43. The van der Waals surface area contributed by atoms with Crippen molar-refractivity contribution in [1.29, 1.82) is 0 Å². The molecule has 1 heterocycles. The molecule has 132 valence electrons. The van der Waals surface area contributed by atoms with Gasteiger partial charge in [0.2, 0.25) is 0 Å². The van der Waals surface area contributed by atoms with Gasteiger partial charge in [-0.1, -0.05) is 59.6 Å². The van der Waals surface area contributed by atoms with Crippen LogP contribution < -0.4 is 5.36 Å². The highest BCUT2D eigenvalue weighted by Crippen LogP contribution is 2.22. The van der Waals surface area contributed by atoms with Crippen molar-refractivity contribution in [3.05, 3.63) is 99.6 Å². The fourth-order valence-corrected chi connectivity index (χ4v) is 3.06. The van der Waals surface area contributed by atoms with Gasteiger partial charge in [-0.25, -0.2) is 0 Å². The molecule has 0 fully saturated rings. The third-order valence-corrected chi connectivity index (χ3v) is 4.62. The van der Waals surface area contributed by atoms with Crippen LogP contribution in [-0.4, -0.2) is 10.8 Å². The molecule has 0 saturated carbocycles. The second kappa shape index (κ2) is 9.37. The SMILES string of the molecule is Clc1cccc(Cl)c1/C=N/N=c1ccn(CCCc2ccccc2)cc1. The van der Waals surface area contributed by atoms with E-state index in [9.17, 15) is 0 Å². The Kier molecular flexibility index (Phi) is 6.64. The molecule has 1 aromatic heterocycles. The van der Waals surface area contributed by atoms with Crippen LogP contribution in [0.1, 0.15) is 17.5 Å². The lowest BCUT2D eigenvalue weighted by Crippen LogP contribution is -2.06. The molecule has 0 amide bonds. The first-order chi connectivity index (χ1) is 12.7. The van der Waals surface area contributed by atoms with E-state index < -0.39 is 0 Å². The van der Waals surface area contributed by atoms with Crippen LogP contribution in [0.3, 0.4) is 0 Å². The van der Waals surface area contributed by atoms with Gasteiger partial charge in [0.15, 0.2) is 0 Å². The molecule has 0 atom stereocenters. The van der Waals surface area contributed by atoms with Gasteiger partial charge in [0.25, 0.3) is 0 Å². The summed E-state index contributed by atoms with van der Waals surface area (Å²) in [5.74, 6) is 0. The number of rotatable bonds is 6. The van der Waals surface area contributed by atoms with E-state index in [-0.39, 0.29) is 0 Å². The Morgan fingerprint density at radius 3 is 2.23 bits per heavy atom. The van der Waals surface area contributed by atoms with Gasteiger partial charge in [0, 0.05) is 24.5 Å². The molecule has 0 aliphatic heterocycles. The van der Waals surface area contributed by atoms with Gasteiger partial charge in [-0.2, -0.15) is 10.2 Å². The number of aryl methyl sites for hydroxylation is 2. The quantitative estimate of drug-likeness (QED) is 0.404. The Morgan fingerprint density at radius 2 is 1.54 bits per heavy atom. The van der Waals surface area contributed by atoms with Gasteiger partial charge >= 0.3 is 0 Å². The van der Waals surface area contributed by atoms with Crippen molar-refractivity contribution in [3.63, 3.8) is 0 Å². The van der Waals surface area contributed by atoms with Crippen molar-refractivity contribution < 1.29 is 0 Å². The molecule has 3 rings (SSSR count). The van der Waals surface area contributed by atoms with Crippen LogP contribution in [0.25, 0.3) is 0 Å². The highest BCUT2D eigenvalue weighted by molar-refractivity contribution is 6.38. The molecule has 3 aromatic rings. The normalized spacial score (nSPS) is 11.0. The molecule has 2 aromatic carbocycles. The number of hydrogen-bond acceptors (Lipinski definition) is 2. The van der Waals surface area contributed by atoms with Gasteiger partial charge in [-0.05, 0) is 42.7 Å². The predicted octanol–water partition coefficient (Wildman–Crippen LogP) is 5.36. The highest BCUT2D eigenvalue weighted by atomic mass is 35.5. The molecule has 0 unspecified atom stereocenters. The number of nitrogens with zero attached hydrogens (tertiary/aromatic N) is 3. The van der Waals surface area contributed by atoms with Gasteiger partial charge in [0.1, 0.15) is 0 Å². The maximum Gasteiger partial charge on any atom is 0.0885 e. The minimum absolute atomic E-state index is 0.556. The van der Waals surface area contributed by atoms with Crippen LogP contribution >= 0.6 is 23.2 Å². The first-order valence-corrected chi connectivity index (χ1v) is 9.19. The zero-order chi connectivity index (χ0) is 18.2. The molecular formula is C21H19Cl2N3. The van der Waals surface area contributed by atoms with Crippen molar-refractivity contribution in [3.8, 4) is 0 Å². The third kappa shape index (κ3) is 5.32. The lowest BCUT2D eigenvalue weighted by atomic mass is 10.1. The fraction of sp³-hybridized carbons (Fsp3) is 0.143. The maximum atomic E-state index is 6.10. The molecule has 0 radical (unpaired) electrons. The largest absolute Gasteiger partial charge is 0.354 e. The number of benzene rings is 2. The van der Waals surface area contributed by atoms with E-state index in [2.05, 4.69) is 39.0 Å². The monoisotopic (exact) mass is 383 g/mol. The van der Waals surface area contributed by atoms with E-state index in [0.717, 1.165) is 24.7 Å². The molecule has 0 N–H and O–H groups in total. The van der Waals surface area contributed by atoms with Crippen molar-refractivity contribution in [1.82, 2.24) is 4.57 Å². The molecule has 0 spiro atoms. The Morgan fingerprint density at radius 1 is 0.846 bits per heavy atom. The van der Waals surface area contributed by atoms with Gasteiger partial charge in [-0.3, -0.25) is 0 Å². The number of hydrogen-bond donors (Lipinski definition) is 0. The molecular weight excluding hydrogens is 365 g/mol. The summed E-state index contributed by atoms with van der Waals surface area (Å²) in [4.78, 5) is 0. The fourth-order valence-electron chi connectivity index (χ4n) is 2.56. The lowest BCUT2D eigenvalue weighted by molar-refractivity contribution is 0.637. The predicted molar refractivity (Wildman–Crippen MR) is 109 cm³/mol. The average molecular weight is 384 g/mol. The van der Waals surface area contributed by atoms with Gasteiger partial charge in [0.05, 0.1) is 21.6 Å². The average Bonchev–Trinajstić information content (AvgIpc) is 2.66. The summed E-state index contributed by atoms with van der Waals surface area (Å²) in [7, 11) is 0. The summed E-state index contributed by atoms with van der Waals surface area (Å²) < 4.78 is 2.15. The number of pyridine rings is 1. The summed E-state index contributed by atoms with van der Waals surface area (Å²) in [6.45, 7) is 0.966. The summed E-state index contributed by atoms with van der Waals surface area (Å²) in [5, 5.41) is 10.2. The standard InChI is InChI=1S/C21H19Cl2N3/c22-20-9-4-10-21(23)19(20)16-24-25-18-11-14-26(15-12-18)13-5-8-17-6-2-1-3-7-17/h1-4,6-7,9-12,14-16H,5,8,13H2/b24-16+. The van der Waals surface area contributed by atoms with Crippen LogP contribution in [0.15, 0.2) is 83.3 Å². The summed E-state index contributed by atoms with van der Waals surface area (Å²) in [6.07, 6.45) is 7.77. The van der Waals surface area contributed by atoms with Crippen molar-refractivity contribution >= 4 is 29.4 Å². The second-order valence-corrected chi connectivity index (χ2v) is 6.68. The van der Waals surface area contributed by atoms with E-state index in [1.165, 1.54) is 5.56 Å². The van der Waals surface area contributed by atoms with E-state index in [1.54, 1.807) is 24.4 Å². The minimum Gasteiger partial charge on any atom is -0.354 e. The zero-order valence-electron chi connectivity index (χ0n) is 14.2. The Balaban J connectivity index is 1.58. The van der Waals surface area contributed by atoms with Crippen LogP contribution in [0.4, 0.5) is 0 Å². The Hall–Kier alpha value is -2.36. The molecule has 0 aliphatic carbocycles. The van der Waals surface area contributed by atoms with E-state index in [4.69, 9.17) is 23.2 Å². The Bertz CT molecular complexity index is 906. The van der Waals surface area contributed by atoms with Gasteiger partial charge < -0.3 is 4.57 Å². The Labute approximate surface area is 163 Å². The molecule has 26 heavy (non-hydrogen) atoms. The van der Waals surface area contributed by atoms with Crippen LogP contribution in [0.2, 0.25) is 10.0 Å². The van der Waals surface area contributed by atoms with Gasteiger partial charge in [-0.15, -0.1) is 0 Å². The number of halogens is 2. The van der Waals surface area contributed by atoms with E-state index in [0.29, 0.717) is 15.6 Å².